The molecule has 0 radical (unpaired) electrons. The van der Waals surface area contributed by atoms with Crippen molar-refractivity contribution in [3.63, 3.8) is 0 Å². The fourth-order valence-corrected chi connectivity index (χ4v) is 2.43. The minimum Gasteiger partial charge on any atom is -0.316 e. The lowest BCUT2D eigenvalue weighted by molar-refractivity contribution is -0.0960. The van der Waals surface area contributed by atoms with Gasteiger partial charge in [0, 0.05) is 31.8 Å². The van der Waals surface area contributed by atoms with Crippen LogP contribution in [0, 0.1) is 0 Å². The van der Waals surface area contributed by atoms with E-state index in [2.05, 4.69) is 5.32 Å². The van der Waals surface area contributed by atoms with Crippen molar-refractivity contribution in [1.82, 2.24) is 10.2 Å². The number of halogens is 3. The number of alkyl halides is 3. The van der Waals surface area contributed by atoms with E-state index in [4.69, 9.17) is 0 Å². The first kappa shape index (κ1) is 15.1. The Morgan fingerprint density at radius 1 is 1.20 bits per heavy atom. The van der Waals surface area contributed by atoms with Crippen LogP contribution in [0.15, 0.2) is 35.9 Å². The number of nitrogens with one attached hydrogen (secondary N) is 1. The molecule has 1 aromatic rings. The van der Waals surface area contributed by atoms with Gasteiger partial charge in [0.2, 0.25) is 0 Å². The lowest BCUT2D eigenvalue weighted by atomic mass is 10.0. The van der Waals surface area contributed by atoms with Crippen molar-refractivity contribution < 1.29 is 13.2 Å². The maximum Gasteiger partial charge on any atom is 0.412 e. The summed E-state index contributed by atoms with van der Waals surface area (Å²) in [6.45, 7) is 2.29. The Labute approximate surface area is 117 Å². The average Bonchev–Trinajstić information content (AvgIpc) is 2.41. The smallest absolute Gasteiger partial charge is 0.316 e. The molecule has 0 amide bonds. The standard InChI is InChI=1S/C15H19F3N2/c1-19-10-12-4-2-3-5-13(12)11-20-8-6-14(7-9-20)15(16,17)18/h2-6,19H,7-11H2,1H3. The van der Waals surface area contributed by atoms with Gasteiger partial charge in [-0.3, -0.25) is 4.90 Å². The maximum atomic E-state index is 12.6. The molecule has 2 nitrogen and oxygen atoms in total. The number of benzene rings is 1. The zero-order valence-electron chi connectivity index (χ0n) is 11.5. The maximum absolute atomic E-state index is 12.6. The highest BCUT2D eigenvalue weighted by atomic mass is 19.4. The molecule has 0 aromatic heterocycles. The van der Waals surface area contributed by atoms with E-state index in [0.717, 1.165) is 6.54 Å². The van der Waals surface area contributed by atoms with Crippen LogP contribution in [0.2, 0.25) is 0 Å². The van der Waals surface area contributed by atoms with E-state index >= 15 is 0 Å². The molecule has 0 bridgehead atoms. The molecule has 1 N–H and O–H groups in total. The Bertz CT molecular complexity index is 480. The van der Waals surface area contributed by atoms with Crippen LogP contribution in [0.1, 0.15) is 17.5 Å². The first-order valence-corrected chi connectivity index (χ1v) is 6.70. The van der Waals surface area contributed by atoms with Crippen molar-refractivity contribution in [1.29, 1.82) is 0 Å². The molecule has 1 aromatic carbocycles. The largest absolute Gasteiger partial charge is 0.412 e. The SMILES string of the molecule is CNCc1ccccc1CN1CC=C(C(F)(F)F)CC1. The van der Waals surface area contributed by atoms with Crippen LogP contribution in [-0.2, 0) is 13.1 Å². The minimum atomic E-state index is -4.17. The molecule has 0 unspecified atom stereocenters. The van der Waals surface area contributed by atoms with Crippen LogP contribution in [0.5, 0.6) is 0 Å². The number of nitrogens with zero attached hydrogens (tertiary/aromatic N) is 1. The first-order valence-electron chi connectivity index (χ1n) is 6.70. The molecule has 20 heavy (non-hydrogen) atoms. The molecule has 0 spiro atoms. The third-order valence-electron chi connectivity index (χ3n) is 3.54. The lowest BCUT2D eigenvalue weighted by Crippen LogP contribution is -2.32. The normalized spacial score (nSPS) is 17.1. The minimum absolute atomic E-state index is 0.0810. The highest BCUT2D eigenvalue weighted by Crippen LogP contribution is 2.30. The Morgan fingerprint density at radius 2 is 1.90 bits per heavy atom. The van der Waals surface area contributed by atoms with Crippen LogP contribution >= 0.6 is 0 Å². The molecule has 0 aliphatic carbocycles. The number of hydrogen-bond acceptors (Lipinski definition) is 2. The summed E-state index contributed by atoms with van der Waals surface area (Å²) >= 11 is 0. The molecule has 0 atom stereocenters. The van der Waals surface area contributed by atoms with Gasteiger partial charge in [-0.25, -0.2) is 0 Å². The highest BCUT2D eigenvalue weighted by molar-refractivity contribution is 5.27. The summed E-state index contributed by atoms with van der Waals surface area (Å²) in [4.78, 5) is 2.05. The zero-order chi connectivity index (χ0) is 14.6. The van der Waals surface area contributed by atoms with Gasteiger partial charge in [-0.15, -0.1) is 0 Å². The quantitative estimate of drug-likeness (QED) is 0.855. The molecule has 2 rings (SSSR count). The summed E-state index contributed by atoms with van der Waals surface area (Å²) < 4.78 is 37.7. The second kappa shape index (κ2) is 6.41. The Hall–Kier alpha value is -1.33. The third-order valence-corrected chi connectivity index (χ3v) is 3.54. The predicted octanol–water partition coefficient (Wildman–Crippen LogP) is 3.10. The van der Waals surface area contributed by atoms with Crippen LogP contribution in [0.3, 0.4) is 0 Å². The van der Waals surface area contributed by atoms with Crippen LogP contribution < -0.4 is 5.32 Å². The van der Waals surface area contributed by atoms with Gasteiger partial charge < -0.3 is 5.32 Å². The Kier molecular flexibility index (Phi) is 4.83. The highest BCUT2D eigenvalue weighted by Gasteiger charge is 2.34. The van der Waals surface area contributed by atoms with Gasteiger partial charge in [-0.05, 0) is 24.6 Å². The van der Waals surface area contributed by atoms with Gasteiger partial charge in [0.15, 0.2) is 0 Å². The summed E-state index contributed by atoms with van der Waals surface area (Å²) in [5.41, 5.74) is 1.98. The van der Waals surface area contributed by atoms with Gasteiger partial charge >= 0.3 is 6.18 Å². The lowest BCUT2D eigenvalue weighted by Gasteiger charge is -2.27. The van der Waals surface area contributed by atoms with E-state index in [1.807, 2.05) is 36.2 Å². The first-order chi connectivity index (χ1) is 9.50. The summed E-state index contributed by atoms with van der Waals surface area (Å²) in [6.07, 6.45) is -2.78. The summed E-state index contributed by atoms with van der Waals surface area (Å²) in [6, 6.07) is 8.03. The van der Waals surface area contributed by atoms with Crippen molar-refractivity contribution >= 4 is 0 Å². The van der Waals surface area contributed by atoms with E-state index in [1.165, 1.54) is 17.2 Å². The van der Waals surface area contributed by atoms with Crippen molar-refractivity contribution in [2.45, 2.75) is 25.7 Å². The van der Waals surface area contributed by atoms with E-state index < -0.39 is 11.7 Å². The van der Waals surface area contributed by atoms with Crippen molar-refractivity contribution in [3.8, 4) is 0 Å². The van der Waals surface area contributed by atoms with E-state index in [1.54, 1.807) is 0 Å². The van der Waals surface area contributed by atoms with Gasteiger partial charge in [0.05, 0.1) is 0 Å². The fourth-order valence-electron chi connectivity index (χ4n) is 2.43. The Morgan fingerprint density at radius 3 is 2.45 bits per heavy atom. The molecule has 1 heterocycles. The number of rotatable bonds is 4. The molecular formula is C15H19F3N2. The summed E-state index contributed by atoms with van der Waals surface area (Å²) in [5, 5.41) is 3.11. The van der Waals surface area contributed by atoms with E-state index in [0.29, 0.717) is 19.6 Å². The van der Waals surface area contributed by atoms with Gasteiger partial charge in [-0.1, -0.05) is 30.3 Å². The van der Waals surface area contributed by atoms with Crippen LogP contribution in [0.4, 0.5) is 13.2 Å². The fraction of sp³-hybridized carbons (Fsp3) is 0.467. The average molecular weight is 284 g/mol. The Balaban J connectivity index is 2.01. The number of hydrogen-bond donors (Lipinski definition) is 1. The second-order valence-electron chi connectivity index (χ2n) is 5.01. The van der Waals surface area contributed by atoms with E-state index in [-0.39, 0.29) is 6.42 Å². The van der Waals surface area contributed by atoms with Gasteiger partial charge in [-0.2, -0.15) is 13.2 Å². The molecule has 0 saturated carbocycles. The van der Waals surface area contributed by atoms with Crippen LogP contribution in [0.25, 0.3) is 0 Å². The van der Waals surface area contributed by atoms with Gasteiger partial charge in [0.25, 0.3) is 0 Å². The van der Waals surface area contributed by atoms with Crippen molar-refractivity contribution in [2.24, 2.45) is 0 Å². The van der Waals surface area contributed by atoms with Crippen molar-refractivity contribution in [2.75, 3.05) is 20.1 Å². The van der Waals surface area contributed by atoms with Gasteiger partial charge in [0.1, 0.15) is 0 Å². The summed E-state index contributed by atoms with van der Waals surface area (Å²) in [5.74, 6) is 0. The molecule has 1 aliphatic rings. The predicted molar refractivity (Wildman–Crippen MR) is 73.2 cm³/mol. The molecular weight excluding hydrogens is 265 g/mol. The summed E-state index contributed by atoms with van der Waals surface area (Å²) in [7, 11) is 1.88. The monoisotopic (exact) mass is 284 g/mol. The third kappa shape index (κ3) is 3.84. The molecule has 110 valence electrons. The molecule has 5 heteroatoms. The molecule has 0 fully saturated rings. The zero-order valence-corrected chi connectivity index (χ0v) is 11.5. The van der Waals surface area contributed by atoms with Crippen LogP contribution in [-0.4, -0.2) is 31.2 Å². The molecule has 1 aliphatic heterocycles. The van der Waals surface area contributed by atoms with E-state index in [9.17, 15) is 13.2 Å². The second-order valence-corrected chi connectivity index (χ2v) is 5.01. The molecule has 0 saturated heterocycles. The van der Waals surface area contributed by atoms with Crippen molar-refractivity contribution in [3.05, 3.63) is 47.0 Å². The topological polar surface area (TPSA) is 15.3 Å².